The van der Waals surface area contributed by atoms with Crippen LogP contribution in [0, 0.1) is 0 Å². The second-order valence-corrected chi connectivity index (χ2v) is 16.5. The van der Waals surface area contributed by atoms with E-state index in [1.54, 1.807) is 45.3 Å². The standard InChI is InChI=1S/C34H16N4S6/c1-3-25-23(37-15-39-25)7-17(1)33-35-13-31(43-33)29-11-21-5-19-10-28-22(6-20(19)9-27(21)41-29)12-30(42-28)32-14-36-34(44-32)18-2-4-26-24(8-18)38-16-40-26/h1-16H. The maximum absolute atomic E-state index is 4.77. The number of thiophene rings is 2. The lowest BCUT2D eigenvalue weighted by Crippen LogP contribution is -1.75. The van der Waals surface area contributed by atoms with E-state index >= 15 is 0 Å². The van der Waals surface area contributed by atoms with Crippen LogP contribution in [-0.4, -0.2) is 19.9 Å². The SMILES string of the molecule is c1nc2cc(-c3ncc(-c4cc5cc6cc7sc(-c8cnc(-c9ccc%10scnc%10c9)s8)cc7cc6cc5s4)s3)ccc2s1. The Morgan fingerprint density at radius 3 is 1.39 bits per heavy atom. The van der Waals surface area contributed by atoms with Crippen molar-refractivity contribution in [1.29, 1.82) is 0 Å². The number of thiazole rings is 4. The molecule has 0 unspecified atom stereocenters. The van der Waals surface area contributed by atoms with Gasteiger partial charge in [0.25, 0.3) is 0 Å². The summed E-state index contributed by atoms with van der Waals surface area (Å²) in [6.45, 7) is 0. The third-order valence-corrected chi connectivity index (χ3v) is 14.1. The van der Waals surface area contributed by atoms with Crippen molar-refractivity contribution < 1.29 is 0 Å². The maximum Gasteiger partial charge on any atom is 0.123 e. The average molecular weight is 673 g/mol. The minimum absolute atomic E-state index is 1.03. The monoisotopic (exact) mass is 672 g/mol. The van der Waals surface area contributed by atoms with Gasteiger partial charge < -0.3 is 0 Å². The topological polar surface area (TPSA) is 51.6 Å². The molecule has 0 radical (unpaired) electrons. The molecule has 0 spiro atoms. The van der Waals surface area contributed by atoms with Crippen LogP contribution in [0.3, 0.4) is 0 Å². The van der Waals surface area contributed by atoms with Crippen LogP contribution >= 0.6 is 68.0 Å². The Hall–Kier alpha value is -3.90. The molecule has 0 saturated heterocycles. The molecule has 10 heteroatoms. The molecule has 6 aromatic heterocycles. The number of benzene rings is 4. The minimum atomic E-state index is 1.03. The van der Waals surface area contributed by atoms with Crippen LogP contribution in [0.15, 0.2) is 96.2 Å². The molecule has 0 aliphatic rings. The highest BCUT2D eigenvalue weighted by molar-refractivity contribution is 7.27. The second-order valence-electron chi connectivity index (χ2n) is 10.5. The molecule has 0 amide bonds. The molecule has 4 nitrogen and oxygen atoms in total. The molecule has 10 aromatic rings. The van der Waals surface area contributed by atoms with Gasteiger partial charge in [0, 0.05) is 42.7 Å². The van der Waals surface area contributed by atoms with E-state index in [0.29, 0.717) is 0 Å². The summed E-state index contributed by atoms with van der Waals surface area (Å²) in [6, 6.07) is 26.8. The highest BCUT2D eigenvalue weighted by atomic mass is 32.1. The molecule has 0 N–H and O–H groups in total. The number of aromatic nitrogens is 4. The number of hydrogen-bond donors (Lipinski definition) is 0. The van der Waals surface area contributed by atoms with E-state index in [1.165, 1.54) is 59.9 Å². The molecule has 10 rings (SSSR count). The summed E-state index contributed by atoms with van der Waals surface area (Å²) < 4.78 is 5.00. The number of fused-ring (bicyclic) bond motifs is 5. The van der Waals surface area contributed by atoms with Crippen LogP contribution in [-0.2, 0) is 0 Å². The Morgan fingerprint density at radius 2 is 0.886 bits per heavy atom. The molecule has 0 fully saturated rings. The second kappa shape index (κ2) is 9.80. The zero-order valence-corrected chi connectivity index (χ0v) is 27.4. The molecule has 4 aromatic carbocycles. The first-order chi connectivity index (χ1) is 21.7. The van der Waals surface area contributed by atoms with E-state index in [-0.39, 0.29) is 0 Å². The summed E-state index contributed by atoms with van der Waals surface area (Å²) in [5.74, 6) is 0. The van der Waals surface area contributed by atoms with Crippen LogP contribution < -0.4 is 0 Å². The van der Waals surface area contributed by atoms with Gasteiger partial charge in [0.15, 0.2) is 0 Å². The molecule has 0 bridgehead atoms. The lowest BCUT2D eigenvalue weighted by molar-refractivity contribution is 1.41. The van der Waals surface area contributed by atoms with E-state index < -0.39 is 0 Å². The van der Waals surface area contributed by atoms with Gasteiger partial charge in [-0.05, 0) is 82.2 Å². The van der Waals surface area contributed by atoms with Crippen molar-refractivity contribution in [3.63, 3.8) is 0 Å². The van der Waals surface area contributed by atoms with E-state index in [0.717, 1.165) is 32.2 Å². The fraction of sp³-hybridized carbons (Fsp3) is 0. The van der Waals surface area contributed by atoms with Gasteiger partial charge in [-0.2, -0.15) is 0 Å². The largest absolute Gasteiger partial charge is 0.245 e. The zero-order valence-electron chi connectivity index (χ0n) is 22.5. The third-order valence-electron chi connectivity index (χ3n) is 7.76. The Balaban J connectivity index is 0.979. The molecule has 0 aliphatic carbocycles. The summed E-state index contributed by atoms with van der Waals surface area (Å²) in [5, 5.41) is 7.15. The van der Waals surface area contributed by atoms with E-state index in [1.807, 2.05) is 46.1 Å². The summed E-state index contributed by atoms with van der Waals surface area (Å²) >= 11 is 10.5. The summed E-state index contributed by atoms with van der Waals surface area (Å²) in [5.41, 5.74) is 8.11. The Morgan fingerprint density at radius 1 is 0.386 bits per heavy atom. The zero-order chi connectivity index (χ0) is 28.8. The summed E-state index contributed by atoms with van der Waals surface area (Å²) in [6.07, 6.45) is 4.02. The van der Waals surface area contributed by atoms with Crippen LogP contribution in [0.2, 0.25) is 0 Å². The fourth-order valence-corrected chi connectivity index (χ4v) is 11.1. The van der Waals surface area contributed by atoms with Crippen molar-refractivity contribution in [1.82, 2.24) is 19.9 Å². The summed E-state index contributed by atoms with van der Waals surface area (Å²) in [7, 11) is 0. The first kappa shape index (κ1) is 25.4. The molecule has 0 aliphatic heterocycles. The van der Waals surface area contributed by atoms with Crippen molar-refractivity contribution in [2.75, 3.05) is 0 Å². The van der Waals surface area contributed by atoms with Gasteiger partial charge in [0.1, 0.15) is 10.0 Å². The van der Waals surface area contributed by atoms with Gasteiger partial charge >= 0.3 is 0 Å². The minimum Gasteiger partial charge on any atom is -0.245 e. The maximum atomic E-state index is 4.77. The van der Waals surface area contributed by atoms with Crippen molar-refractivity contribution in [2.24, 2.45) is 0 Å². The molecular formula is C34H16N4S6. The van der Waals surface area contributed by atoms with Crippen LogP contribution in [0.5, 0.6) is 0 Å². The molecule has 6 heterocycles. The predicted molar refractivity (Wildman–Crippen MR) is 194 cm³/mol. The van der Waals surface area contributed by atoms with Gasteiger partial charge in [0.2, 0.25) is 0 Å². The van der Waals surface area contributed by atoms with Gasteiger partial charge in [-0.3, -0.25) is 0 Å². The van der Waals surface area contributed by atoms with Crippen molar-refractivity contribution in [2.45, 2.75) is 0 Å². The average Bonchev–Trinajstić information content (AvgIpc) is 3.89. The molecule has 0 saturated carbocycles. The van der Waals surface area contributed by atoms with Gasteiger partial charge in [-0.15, -0.1) is 68.0 Å². The van der Waals surface area contributed by atoms with Crippen molar-refractivity contribution in [3.05, 3.63) is 96.2 Å². The quantitative estimate of drug-likeness (QED) is 0.187. The Kier molecular flexibility index (Phi) is 5.66. The Bertz CT molecular complexity index is 2450. The third kappa shape index (κ3) is 4.17. The van der Waals surface area contributed by atoms with Gasteiger partial charge in [-0.25, -0.2) is 19.9 Å². The Labute approximate surface area is 274 Å². The summed E-state index contributed by atoms with van der Waals surface area (Å²) in [4.78, 5) is 23.4. The molecular weight excluding hydrogens is 657 g/mol. The fourth-order valence-electron chi connectivity index (χ4n) is 5.59. The highest BCUT2D eigenvalue weighted by Crippen LogP contribution is 2.43. The number of nitrogens with zero attached hydrogens (tertiary/aromatic N) is 4. The highest BCUT2D eigenvalue weighted by Gasteiger charge is 2.14. The predicted octanol–water partition coefficient (Wildman–Crippen LogP) is 12.1. The van der Waals surface area contributed by atoms with Gasteiger partial charge in [-0.1, -0.05) is 12.1 Å². The lowest BCUT2D eigenvalue weighted by atomic mass is 10.1. The first-order valence-corrected chi connectivity index (χ1v) is 18.7. The van der Waals surface area contributed by atoms with E-state index in [9.17, 15) is 0 Å². The van der Waals surface area contributed by atoms with Crippen molar-refractivity contribution in [3.8, 4) is 40.7 Å². The van der Waals surface area contributed by atoms with Crippen LogP contribution in [0.1, 0.15) is 0 Å². The van der Waals surface area contributed by atoms with Crippen LogP contribution in [0.4, 0.5) is 0 Å². The smallest absolute Gasteiger partial charge is 0.123 e. The number of hydrogen-bond acceptors (Lipinski definition) is 10. The lowest BCUT2D eigenvalue weighted by Gasteiger charge is -1.99. The normalized spacial score (nSPS) is 12.1. The molecule has 44 heavy (non-hydrogen) atoms. The number of rotatable bonds is 4. The van der Waals surface area contributed by atoms with Crippen molar-refractivity contribution >= 4 is 119 Å². The molecule has 208 valence electrons. The van der Waals surface area contributed by atoms with E-state index in [2.05, 4.69) is 82.8 Å². The molecule has 0 atom stereocenters. The van der Waals surface area contributed by atoms with E-state index in [4.69, 9.17) is 9.97 Å². The van der Waals surface area contributed by atoms with Crippen LogP contribution in [0.25, 0.3) is 92.0 Å². The first-order valence-electron chi connectivity index (χ1n) is 13.7. The van der Waals surface area contributed by atoms with Gasteiger partial charge in [0.05, 0.1) is 41.2 Å².